The molecule has 0 atom stereocenters. The first kappa shape index (κ1) is 30.6. The lowest BCUT2D eigenvalue weighted by Gasteiger charge is -2.27. The van der Waals surface area contributed by atoms with Crippen LogP contribution in [0.4, 0.5) is 5.13 Å². The molecule has 1 fully saturated rings. The number of hydrogen-bond acceptors (Lipinski definition) is 9. The number of carbonyl (C=O) groups excluding carboxylic acids is 1. The predicted molar refractivity (Wildman–Crippen MR) is 158 cm³/mol. The molecule has 1 aliphatic rings. The molecule has 0 unspecified atom stereocenters. The zero-order valence-corrected chi connectivity index (χ0v) is 25.0. The Kier molecular flexibility index (Phi) is 10.4. The molecule has 2 heterocycles. The predicted octanol–water partition coefficient (Wildman–Crippen LogP) is 4.10. The molecule has 4 rings (SSSR count). The summed E-state index contributed by atoms with van der Waals surface area (Å²) in [6.07, 6.45) is 0.780. The van der Waals surface area contributed by atoms with E-state index in [-0.39, 0.29) is 36.7 Å². The van der Waals surface area contributed by atoms with Gasteiger partial charge in [0, 0.05) is 57.7 Å². The molecular formula is C29H34N6O4S2. The number of nitriles is 2. The Bertz CT molecular complexity index is 1530. The number of aromatic nitrogens is 1. The average molecular weight is 595 g/mol. The highest BCUT2D eigenvalue weighted by atomic mass is 32.2. The van der Waals surface area contributed by atoms with Crippen molar-refractivity contribution in [2.24, 2.45) is 0 Å². The zero-order valence-electron chi connectivity index (χ0n) is 23.4. The number of sulfonamides is 1. The first-order valence-electron chi connectivity index (χ1n) is 13.6. The molecule has 0 aliphatic carbocycles. The van der Waals surface area contributed by atoms with Gasteiger partial charge in [-0.3, -0.25) is 14.6 Å². The van der Waals surface area contributed by atoms with Gasteiger partial charge < -0.3 is 4.74 Å². The Morgan fingerprint density at radius 2 is 1.71 bits per heavy atom. The number of ether oxygens (including phenoxy) is 1. The van der Waals surface area contributed by atoms with Gasteiger partial charge in [-0.2, -0.15) is 14.8 Å². The highest BCUT2D eigenvalue weighted by Crippen LogP contribution is 2.33. The molecule has 10 nitrogen and oxygen atoms in total. The van der Waals surface area contributed by atoms with E-state index in [2.05, 4.69) is 11.0 Å². The Morgan fingerprint density at radius 1 is 1.05 bits per heavy atom. The summed E-state index contributed by atoms with van der Waals surface area (Å²) in [7, 11) is -3.93. The fourth-order valence-electron chi connectivity index (χ4n) is 4.82. The molecule has 0 radical (unpaired) electrons. The van der Waals surface area contributed by atoms with E-state index in [0.29, 0.717) is 30.5 Å². The number of benzene rings is 2. The molecule has 0 N–H and O–H groups in total. The number of hydrogen-bond donors (Lipinski definition) is 0. The molecule has 41 heavy (non-hydrogen) atoms. The number of nitrogens with zero attached hydrogens (tertiary/aromatic N) is 6. The van der Waals surface area contributed by atoms with Gasteiger partial charge in [-0.25, -0.2) is 13.4 Å². The second-order valence-electron chi connectivity index (χ2n) is 9.94. The Morgan fingerprint density at radius 3 is 2.34 bits per heavy atom. The van der Waals surface area contributed by atoms with Crippen molar-refractivity contribution in [1.29, 1.82) is 10.5 Å². The van der Waals surface area contributed by atoms with Gasteiger partial charge in [0.1, 0.15) is 0 Å². The zero-order chi connectivity index (χ0) is 29.4. The van der Waals surface area contributed by atoms with E-state index < -0.39 is 10.0 Å². The van der Waals surface area contributed by atoms with Crippen molar-refractivity contribution in [3.05, 3.63) is 53.1 Å². The summed E-state index contributed by atoms with van der Waals surface area (Å²) in [6.45, 7) is 8.48. The van der Waals surface area contributed by atoms with E-state index in [1.54, 1.807) is 4.90 Å². The van der Waals surface area contributed by atoms with Gasteiger partial charge >= 0.3 is 0 Å². The molecular weight excluding hydrogens is 560 g/mol. The van der Waals surface area contributed by atoms with Crippen molar-refractivity contribution in [3.8, 4) is 12.1 Å². The number of rotatable bonds is 12. The smallest absolute Gasteiger partial charge is 0.260 e. The van der Waals surface area contributed by atoms with E-state index in [9.17, 15) is 13.2 Å². The highest BCUT2D eigenvalue weighted by Gasteiger charge is 2.26. The fourth-order valence-corrected chi connectivity index (χ4v) is 7.30. The first-order chi connectivity index (χ1) is 19.7. The van der Waals surface area contributed by atoms with Crippen LogP contribution >= 0.6 is 11.3 Å². The molecule has 1 aromatic heterocycles. The van der Waals surface area contributed by atoms with Gasteiger partial charge in [-0.05, 0) is 61.7 Å². The first-order valence-corrected chi connectivity index (χ1v) is 15.8. The summed E-state index contributed by atoms with van der Waals surface area (Å²) < 4.78 is 34.1. The van der Waals surface area contributed by atoms with Crippen molar-refractivity contribution in [3.63, 3.8) is 0 Å². The van der Waals surface area contributed by atoms with Crippen LogP contribution in [0.2, 0.25) is 0 Å². The normalized spacial score (nSPS) is 14.2. The maximum atomic E-state index is 13.9. The van der Waals surface area contributed by atoms with E-state index in [1.807, 2.05) is 32.1 Å². The number of carbonyl (C=O) groups is 1. The third-order valence-corrected chi connectivity index (χ3v) is 10.1. The summed E-state index contributed by atoms with van der Waals surface area (Å²) >= 11 is 1.48. The third-order valence-electron chi connectivity index (χ3n) is 6.93. The van der Waals surface area contributed by atoms with Gasteiger partial charge in [0.15, 0.2) is 5.13 Å². The Balaban J connectivity index is 1.59. The number of amides is 1. The number of aryl methyl sites for hydroxylation is 2. The minimum atomic E-state index is -3.93. The number of thiazole rings is 1. The lowest BCUT2D eigenvalue weighted by atomic mass is 10.1. The molecule has 0 saturated carbocycles. The van der Waals surface area contributed by atoms with Crippen LogP contribution in [0.1, 0.15) is 40.7 Å². The van der Waals surface area contributed by atoms with Gasteiger partial charge in [0.2, 0.25) is 10.0 Å². The van der Waals surface area contributed by atoms with E-state index in [0.717, 1.165) is 51.7 Å². The minimum absolute atomic E-state index is 0.00534. The SMILES string of the molecule is Cc1cc(C)c2sc(N(CCCN3CCOCC3)C(=O)c3ccc(S(=O)(=O)N(CCC#N)CCC#N)cc3)nc2c1. The number of fused-ring (bicyclic) bond motifs is 1. The summed E-state index contributed by atoms with van der Waals surface area (Å²) in [5, 5.41) is 18.5. The van der Waals surface area contributed by atoms with E-state index in [1.165, 1.54) is 35.6 Å². The van der Waals surface area contributed by atoms with Gasteiger partial charge in [0.25, 0.3) is 5.91 Å². The maximum absolute atomic E-state index is 13.9. The lowest BCUT2D eigenvalue weighted by Crippen LogP contribution is -2.39. The van der Waals surface area contributed by atoms with Crippen molar-refractivity contribution >= 4 is 42.6 Å². The Labute approximate surface area is 245 Å². The summed E-state index contributed by atoms with van der Waals surface area (Å²) in [6, 6.07) is 13.9. The van der Waals surface area contributed by atoms with Crippen molar-refractivity contribution in [2.45, 2.75) is 38.0 Å². The molecule has 12 heteroatoms. The van der Waals surface area contributed by atoms with E-state index in [4.69, 9.17) is 20.2 Å². The van der Waals surface area contributed by atoms with Crippen LogP contribution in [-0.4, -0.2) is 81.0 Å². The second kappa shape index (κ2) is 14.0. The van der Waals surface area contributed by atoms with Crippen LogP contribution in [0, 0.1) is 36.5 Å². The van der Waals surface area contributed by atoms with Gasteiger partial charge in [-0.1, -0.05) is 17.4 Å². The van der Waals surface area contributed by atoms with Crippen LogP contribution in [0.25, 0.3) is 10.2 Å². The maximum Gasteiger partial charge on any atom is 0.260 e. The lowest BCUT2D eigenvalue weighted by molar-refractivity contribution is 0.0376. The molecule has 216 valence electrons. The average Bonchev–Trinajstić information content (AvgIpc) is 3.39. The number of morpholine rings is 1. The molecule has 1 aliphatic heterocycles. The second-order valence-corrected chi connectivity index (χ2v) is 12.9. The standard InChI is InChI=1S/C29H34N6O4S2/c1-22-20-23(2)27-26(21-22)32-29(40-27)35(15-5-12-33-16-18-39-19-17-33)28(36)24-6-8-25(9-7-24)41(37,38)34(13-3-10-30)14-4-11-31/h6-9,20-21H,3-5,12-19H2,1-2H3. The van der Waals surface area contributed by atoms with Gasteiger partial charge in [0.05, 0.1) is 40.5 Å². The molecule has 2 aromatic carbocycles. The van der Waals surface area contributed by atoms with Crippen LogP contribution in [0.3, 0.4) is 0 Å². The monoisotopic (exact) mass is 594 g/mol. The topological polar surface area (TPSA) is 131 Å². The molecule has 3 aromatic rings. The van der Waals surface area contributed by atoms with Crippen LogP contribution < -0.4 is 4.90 Å². The highest BCUT2D eigenvalue weighted by molar-refractivity contribution is 7.89. The molecule has 1 amide bonds. The van der Waals surface area contributed by atoms with Crippen LogP contribution in [0.5, 0.6) is 0 Å². The van der Waals surface area contributed by atoms with Crippen LogP contribution in [-0.2, 0) is 14.8 Å². The van der Waals surface area contributed by atoms with Crippen molar-refractivity contribution < 1.29 is 17.9 Å². The largest absolute Gasteiger partial charge is 0.379 e. The molecule has 1 saturated heterocycles. The van der Waals surface area contributed by atoms with Crippen LogP contribution in [0.15, 0.2) is 41.3 Å². The Hall–Kier alpha value is -3.39. The minimum Gasteiger partial charge on any atom is -0.379 e. The van der Waals surface area contributed by atoms with E-state index >= 15 is 0 Å². The van der Waals surface area contributed by atoms with Gasteiger partial charge in [-0.15, -0.1) is 0 Å². The number of anilines is 1. The summed E-state index contributed by atoms with van der Waals surface area (Å²) in [5.41, 5.74) is 3.41. The quantitative estimate of drug-likeness (QED) is 0.306. The fraction of sp³-hybridized carbons (Fsp3) is 0.448. The summed E-state index contributed by atoms with van der Waals surface area (Å²) in [5.74, 6) is -0.254. The van der Waals surface area contributed by atoms with Crippen molar-refractivity contribution in [2.75, 3.05) is 57.4 Å². The third kappa shape index (κ3) is 7.47. The summed E-state index contributed by atoms with van der Waals surface area (Å²) in [4.78, 5) is 22.7. The van der Waals surface area contributed by atoms with Crippen molar-refractivity contribution in [1.82, 2.24) is 14.2 Å². The molecule has 0 spiro atoms. The molecule has 0 bridgehead atoms.